The third-order valence-electron chi connectivity index (χ3n) is 5.36. The van der Waals surface area contributed by atoms with Crippen molar-refractivity contribution in [1.29, 1.82) is 0 Å². The number of aromatic nitrogens is 3. The Hall–Kier alpha value is -4.58. The molecule has 4 N–H and O–H groups in total. The number of amides is 2. The minimum Gasteiger partial charge on any atom is -0.497 e. The summed E-state index contributed by atoms with van der Waals surface area (Å²) in [7, 11) is 1.56. The molecule has 5 aromatic rings. The Bertz CT molecular complexity index is 1580. The molecule has 0 radical (unpaired) electrons. The molecular formula is C24H17F2N5O4S. The van der Waals surface area contributed by atoms with Crippen LogP contribution in [0.15, 0.2) is 59.2 Å². The molecule has 9 nitrogen and oxygen atoms in total. The van der Waals surface area contributed by atoms with Gasteiger partial charge in [-0.3, -0.25) is 14.7 Å². The lowest BCUT2D eigenvalue weighted by atomic mass is 10.1. The van der Waals surface area contributed by atoms with Crippen molar-refractivity contribution < 1.29 is 27.5 Å². The maximum Gasteiger partial charge on any atom is 0.280 e. The normalized spacial score (nSPS) is 11.2. The SMILES string of the molecule is COc1ccc(-c2cc(C(=O)Nc3c(C(N)=O)sc4nc(C(F)F)cc(-c5ccco5)c34)[nH]n2)cc1. The summed E-state index contributed by atoms with van der Waals surface area (Å²) in [4.78, 5) is 29.4. The van der Waals surface area contributed by atoms with E-state index < -0.39 is 23.9 Å². The van der Waals surface area contributed by atoms with E-state index in [0.717, 1.165) is 23.0 Å². The number of fused-ring (bicyclic) bond motifs is 1. The number of anilines is 1. The van der Waals surface area contributed by atoms with E-state index in [1.54, 1.807) is 43.5 Å². The van der Waals surface area contributed by atoms with Gasteiger partial charge in [-0.2, -0.15) is 5.10 Å². The van der Waals surface area contributed by atoms with Gasteiger partial charge in [-0.25, -0.2) is 13.8 Å². The number of methoxy groups -OCH3 is 1. The van der Waals surface area contributed by atoms with E-state index in [2.05, 4.69) is 20.5 Å². The molecule has 0 spiro atoms. The summed E-state index contributed by atoms with van der Waals surface area (Å²) in [6.45, 7) is 0. The minimum absolute atomic E-state index is 0.0417. The zero-order chi connectivity index (χ0) is 25.4. The summed E-state index contributed by atoms with van der Waals surface area (Å²) in [5.41, 5.74) is 6.70. The number of rotatable bonds is 7. The Kier molecular flexibility index (Phi) is 5.94. The molecule has 4 heterocycles. The smallest absolute Gasteiger partial charge is 0.280 e. The zero-order valence-electron chi connectivity index (χ0n) is 18.5. The van der Waals surface area contributed by atoms with Crippen LogP contribution < -0.4 is 15.8 Å². The second-order valence-corrected chi connectivity index (χ2v) is 8.57. The molecule has 0 fully saturated rings. The number of alkyl halides is 2. The van der Waals surface area contributed by atoms with Crippen molar-refractivity contribution in [2.75, 3.05) is 12.4 Å². The number of H-pyrrole nitrogens is 1. The first-order valence-electron chi connectivity index (χ1n) is 10.5. The van der Waals surface area contributed by atoms with Gasteiger partial charge in [0.25, 0.3) is 18.2 Å². The van der Waals surface area contributed by atoms with Gasteiger partial charge in [0, 0.05) is 16.5 Å². The Morgan fingerprint density at radius 3 is 2.61 bits per heavy atom. The van der Waals surface area contributed by atoms with Crippen molar-refractivity contribution >= 4 is 39.1 Å². The summed E-state index contributed by atoms with van der Waals surface area (Å²) in [6, 6.07) is 13.0. The molecule has 0 saturated carbocycles. The highest BCUT2D eigenvalue weighted by Gasteiger charge is 2.26. The average molecular weight is 509 g/mol. The summed E-state index contributed by atoms with van der Waals surface area (Å²) in [6.07, 6.45) is -1.48. The van der Waals surface area contributed by atoms with Gasteiger partial charge in [-0.05, 0) is 48.5 Å². The third kappa shape index (κ3) is 4.18. The number of pyridine rings is 1. The molecule has 2 amide bonds. The summed E-state index contributed by atoms with van der Waals surface area (Å²) < 4.78 is 37.6. The number of nitrogens with one attached hydrogen (secondary N) is 2. The number of aromatic amines is 1. The highest BCUT2D eigenvalue weighted by atomic mass is 32.1. The maximum atomic E-state index is 13.5. The molecule has 1 aromatic carbocycles. The quantitative estimate of drug-likeness (QED) is 0.274. The van der Waals surface area contributed by atoms with Gasteiger partial charge in [0.05, 0.1) is 24.8 Å². The van der Waals surface area contributed by atoms with Crippen LogP contribution in [0.4, 0.5) is 14.5 Å². The highest BCUT2D eigenvalue weighted by molar-refractivity contribution is 7.21. The van der Waals surface area contributed by atoms with E-state index in [-0.39, 0.29) is 37.8 Å². The molecule has 0 bridgehead atoms. The lowest BCUT2D eigenvalue weighted by Gasteiger charge is -2.09. The molecular weight excluding hydrogens is 492 g/mol. The van der Waals surface area contributed by atoms with Crippen LogP contribution in [-0.2, 0) is 0 Å². The number of primary amides is 1. The molecule has 182 valence electrons. The molecule has 5 rings (SSSR count). The molecule has 4 aromatic heterocycles. The number of ether oxygens (including phenoxy) is 1. The van der Waals surface area contributed by atoms with Crippen molar-refractivity contribution in [2.24, 2.45) is 5.73 Å². The first-order valence-corrected chi connectivity index (χ1v) is 11.3. The Morgan fingerprint density at radius 1 is 1.19 bits per heavy atom. The van der Waals surface area contributed by atoms with E-state index in [4.69, 9.17) is 14.9 Å². The van der Waals surface area contributed by atoms with E-state index in [1.165, 1.54) is 12.3 Å². The van der Waals surface area contributed by atoms with Crippen molar-refractivity contribution in [2.45, 2.75) is 6.43 Å². The second-order valence-electron chi connectivity index (χ2n) is 7.57. The molecule has 36 heavy (non-hydrogen) atoms. The monoisotopic (exact) mass is 509 g/mol. The number of carbonyl (C=O) groups is 2. The molecule has 0 aliphatic heterocycles. The second kappa shape index (κ2) is 9.23. The van der Waals surface area contributed by atoms with Crippen LogP contribution in [0, 0.1) is 0 Å². The maximum absolute atomic E-state index is 13.5. The molecule has 0 aliphatic rings. The van der Waals surface area contributed by atoms with Crippen molar-refractivity contribution in [1.82, 2.24) is 15.2 Å². The first kappa shape index (κ1) is 23.2. The summed E-state index contributed by atoms with van der Waals surface area (Å²) in [5.74, 6) is -0.530. The van der Waals surface area contributed by atoms with Gasteiger partial charge < -0.3 is 20.2 Å². The molecule has 12 heteroatoms. The number of carbonyl (C=O) groups excluding carboxylic acids is 2. The van der Waals surface area contributed by atoms with Gasteiger partial charge in [-0.1, -0.05) is 0 Å². The van der Waals surface area contributed by atoms with Crippen LogP contribution >= 0.6 is 11.3 Å². The average Bonchev–Trinajstić information content (AvgIpc) is 3.63. The number of hydrogen-bond donors (Lipinski definition) is 3. The fourth-order valence-electron chi connectivity index (χ4n) is 3.68. The number of hydrogen-bond acceptors (Lipinski definition) is 7. The van der Waals surface area contributed by atoms with E-state index >= 15 is 0 Å². The topological polar surface area (TPSA) is 136 Å². The number of nitrogens with two attached hydrogens (primary N) is 1. The predicted molar refractivity (Wildman–Crippen MR) is 129 cm³/mol. The zero-order valence-corrected chi connectivity index (χ0v) is 19.4. The highest BCUT2D eigenvalue weighted by Crippen LogP contribution is 2.42. The van der Waals surface area contributed by atoms with Gasteiger partial charge >= 0.3 is 0 Å². The van der Waals surface area contributed by atoms with Gasteiger partial charge in [0.1, 0.15) is 32.6 Å². The fourth-order valence-corrected chi connectivity index (χ4v) is 4.69. The molecule has 0 aliphatic carbocycles. The van der Waals surface area contributed by atoms with Crippen molar-refractivity contribution in [3.8, 4) is 28.3 Å². The van der Waals surface area contributed by atoms with E-state index in [0.29, 0.717) is 11.4 Å². The Balaban J connectivity index is 1.57. The van der Waals surface area contributed by atoms with Crippen LogP contribution in [0.5, 0.6) is 5.75 Å². The Morgan fingerprint density at radius 2 is 1.97 bits per heavy atom. The van der Waals surface area contributed by atoms with Crippen LogP contribution in [0.2, 0.25) is 0 Å². The number of thiophene rings is 1. The van der Waals surface area contributed by atoms with Crippen molar-refractivity contribution in [3.05, 3.63) is 71.1 Å². The standard InChI is InChI=1S/C24H17F2N5O4S/c1-34-12-6-4-11(5-7-12)14-10-16(31-30-14)23(33)29-19-18-13(17-3-2-8-35-17)9-15(21(25)26)28-24(18)36-20(19)22(27)32/h2-10,21H,1H3,(H2,27,32)(H,29,33)(H,30,31). The van der Waals surface area contributed by atoms with Crippen LogP contribution in [0.25, 0.3) is 32.8 Å². The number of nitrogens with zero attached hydrogens (tertiary/aromatic N) is 2. The minimum atomic E-state index is -2.86. The lowest BCUT2D eigenvalue weighted by molar-refractivity contribution is 0.100. The van der Waals surface area contributed by atoms with Gasteiger partial charge in [-0.15, -0.1) is 11.3 Å². The molecule has 0 saturated heterocycles. The largest absolute Gasteiger partial charge is 0.497 e. The van der Waals surface area contributed by atoms with Gasteiger partial charge in [0.2, 0.25) is 0 Å². The van der Waals surface area contributed by atoms with E-state index in [9.17, 15) is 18.4 Å². The van der Waals surface area contributed by atoms with Crippen LogP contribution in [-0.4, -0.2) is 34.1 Å². The summed E-state index contributed by atoms with van der Waals surface area (Å²) in [5, 5.41) is 9.78. The summed E-state index contributed by atoms with van der Waals surface area (Å²) >= 11 is 0.805. The van der Waals surface area contributed by atoms with Crippen molar-refractivity contribution in [3.63, 3.8) is 0 Å². The molecule has 0 atom stereocenters. The number of halogens is 2. The van der Waals surface area contributed by atoms with E-state index in [1.807, 2.05) is 0 Å². The van der Waals surface area contributed by atoms with Crippen LogP contribution in [0.1, 0.15) is 32.3 Å². The number of benzene rings is 1. The predicted octanol–water partition coefficient (Wildman–Crippen LogP) is 5.24. The van der Waals surface area contributed by atoms with Crippen LogP contribution in [0.3, 0.4) is 0 Å². The van der Waals surface area contributed by atoms with Gasteiger partial charge in [0.15, 0.2) is 0 Å². The third-order valence-corrected chi connectivity index (χ3v) is 6.46. The lowest BCUT2D eigenvalue weighted by Crippen LogP contribution is -2.17. The number of furan rings is 1. The molecule has 0 unspecified atom stereocenters. The fraction of sp³-hybridized carbons (Fsp3) is 0.0833. The Labute approximate surface area is 205 Å². The first-order chi connectivity index (χ1) is 17.4.